The van der Waals surface area contributed by atoms with Gasteiger partial charge in [0.1, 0.15) is 6.29 Å². The van der Waals surface area contributed by atoms with Crippen molar-refractivity contribution in [2.24, 2.45) is 0 Å². The molecule has 0 spiro atoms. The summed E-state index contributed by atoms with van der Waals surface area (Å²) in [6.45, 7) is 0.925. The lowest BCUT2D eigenvalue weighted by Gasteiger charge is -2.03. The van der Waals surface area contributed by atoms with Gasteiger partial charge >= 0.3 is 0 Å². The third kappa shape index (κ3) is 1.99. The first-order valence-electron chi connectivity index (χ1n) is 5.32. The minimum Gasteiger partial charge on any atom is -0.347 e. The summed E-state index contributed by atoms with van der Waals surface area (Å²) in [5, 5.41) is 1.10. The molecule has 2 rings (SSSR count). The third-order valence-corrected chi connectivity index (χ3v) is 2.65. The molecule has 2 nitrogen and oxygen atoms in total. The summed E-state index contributed by atoms with van der Waals surface area (Å²) in [4.78, 5) is 10.6. The Kier molecular flexibility index (Phi) is 3.07. The SMILES string of the molecule is C#CCCCn1ccc2cc(C=O)ccc21. The van der Waals surface area contributed by atoms with Crippen LogP contribution in [-0.2, 0) is 6.54 Å². The molecule has 16 heavy (non-hydrogen) atoms. The average Bonchev–Trinajstić information content (AvgIpc) is 2.72. The Morgan fingerprint density at radius 2 is 2.25 bits per heavy atom. The number of aldehydes is 1. The number of aryl methyl sites for hydroxylation is 1. The van der Waals surface area contributed by atoms with Crippen LogP contribution < -0.4 is 0 Å². The van der Waals surface area contributed by atoms with E-state index in [1.54, 1.807) is 0 Å². The molecule has 2 heteroatoms. The highest BCUT2D eigenvalue weighted by Crippen LogP contribution is 2.17. The molecule has 1 aromatic heterocycles. The van der Waals surface area contributed by atoms with E-state index < -0.39 is 0 Å². The molecule has 1 aromatic carbocycles. The smallest absolute Gasteiger partial charge is 0.150 e. The van der Waals surface area contributed by atoms with E-state index in [-0.39, 0.29) is 0 Å². The van der Waals surface area contributed by atoms with Crippen LogP contribution in [0.3, 0.4) is 0 Å². The van der Waals surface area contributed by atoms with Gasteiger partial charge in [0.05, 0.1) is 0 Å². The van der Waals surface area contributed by atoms with Crippen LogP contribution in [0.1, 0.15) is 23.2 Å². The molecule has 0 saturated heterocycles. The van der Waals surface area contributed by atoms with Gasteiger partial charge in [-0.05, 0) is 30.7 Å². The van der Waals surface area contributed by atoms with E-state index in [1.807, 2.05) is 30.5 Å². The fraction of sp³-hybridized carbons (Fsp3) is 0.214. The summed E-state index contributed by atoms with van der Waals surface area (Å²) in [6.07, 6.45) is 9.91. The van der Waals surface area contributed by atoms with E-state index in [0.717, 1.165) is 36.6 Å². The topological polar surface area (TPSA) is 22.0 Å². The third-order valence-electron chi connectivity index (χ3n) is 2.65. The van der Waals surface area contributed by atoms with Crippen molar-refractivity contribution in [1.82, 2.24) is 4.57 Å². The predicted molar refractivity (Wildman–Crippen MR) is 65.4 cm³/mol. The highest BCUT2D eigenvalue weighted by Gasteiger charge is 2.01. The first-order chi connectivity index (χ1) is 7.85. The second-order valence-corrected chi connectivity index (χ2v) is 3.75. The van der Waals surface area contributed by atoms with Crippen molar-refractivity contribution >= 4 is 17.2 Å². The Morgan fingerprint density at radius 3 is 3.00 bits per heavy atom. The number of hydrogen-bond donors (Lipinski definition) is 0. The lowest BCUT2D eigenvalue weighted by Crippen LogP contribution is -1.95. The van der Waals surface area contributed by atoms with Gasteiger partial charge in [-0.25, -0.2) is 0 Å². The number of carbonyl (C=O) groups is 1. The molecule has 0 atom stereocenters. The maximum atomic E-state index is 10.6. The molecule has 0 saturated carbocycles. The highest BCUT2D eigenvalue weighted by molar-refractivity contribution is 5.87. The Bertz CT molecular complexity index is 545. The first-order valence-corrected chi connectivity index (χ1v) is 5.32. The van der Waals surface area contributed by atoms with Crippen LogP contribution >= 0.6 is 0 Å². The largest absolute Gasteiger partial charge is 0.347 e. The van der Waals surface area contributed by atoms with Crippen molar-refractivity contribution in [3.63, 3.8) is 0 Å². The Balaban J connectivity index is 2.28. The molecule has 0 aliphatic heterocycles. The number of benzene rings is 1. The summed E-state index contributed by atoms with van der Waals surface area (Å²) >= 11 is 0. The monoisotopic (exact) mass is 211 g/mol. The van der Waals surface area contributed by atoms with Crippen LogP contribution in [0, 0.1) is 12.3 Å². The lowest BCUT2D eigenvalue weighted by atomic mass is 10.2. The Labute approximate surface area is 94.9 Å². The standard InChI is InChI=1S/C14H13NO/c1-2-3-4-8-15-9-7-13-10-12(11-16)5-6-14(13)15/h1,5-7,9-11H,3-4,8H2. The molecule has 2 aromatic rings. The zero-order chi connectivity index (χ0) is 11.4. The van der Waals surface area contributed by atoms with Gasteiger partial charge in [-0.2, -0.15) is 0 Å². The minimum atomic E-state index is 0.717. The van der Waals surface area contributed by atoms with Gasteiger partial charge in [-0.3, -0.25) is 4.79 Å². The van der Waals surface area contributed by atoms with Gasteiger partial charge in [0.25, 0.3) is 0 Å². The highest BCUT2D eigenvalue weighted by atomic mass is 16.1. The van der Waals surface area contributed by atoms with Gasteiger partial charge in [0.2, 0.25) is 0 Å². The molecule has 0 amide bonds. The van der Waals surface area contributed by atoms with Gasteiger partial charge in [0.15, 0.2) is 0 Å². The zero-order valence-corrected chi connectivity index (χ0v) is 9.02. The lowest BCUT2D eigenvalue weighted by molar-refractivity contribution is 0.112. The molecule has 0 aliphatic carbocycles. The van der Waals surface area contributed by atoms with Crippen LogP contribution in [0.5, 0.6) is 0 Å². The van der Waals surface area contributed by atoms with Gasteiger partial charge in [-0.15, -0.1) is 12.3 Å². The van der Waals surface area contributed by atoms with E-state index in [9.17, 15) is 4.79 Å². The maximum Gasteiger partial charge on any atom is 0.150 e. The van der Waals surface area contributed by atoms with Crippen LogP contribution in [0.2, 0.25) is 0 Å². The van der Waals surface area contributed by atoms with Crippen molar-refractivity contribution < 1.29 is 4.79 Å². The summed E-state index contributed by atoms with van der Waals surface area (Å²) < 4.78 is 2.17. The number of aromatic nitrogens is 1. The van der Waals surface area contributed by atoms with Crippen molar-refractivity contribution in [2.45, 2.75) is 19.4 Å². The summed E-state index contributed by atoms with van der Waals surface area (Å²) in [6, 6.07) is 7.75. The number of carbonyl (C=O) groups excluding carboxylic acids is 1. The molecule has 0 fully saturated rings. The molecule has 1 heterocycles. The molecule has 0 unspecified atom stereocenters. The molecule has 0 aliphatic rings. The van der Waals surface area contributed by atoms with Gasteiger partial charge < -0.3 is 4.57 Å². The first kappa shape index (κ1) is 10.5. The average molecular weight is 211 g/mol. The number of nitrogens with zero attached hydrogens (tertiary/aromatic N) is 1. The molecule has 0 bridgehead atoms. The number of unbranched alkanes of at least 4 members (excludes halogenated alkanes) is 1. The number of fused-ring (bicyclic) bond motifs is 1. The van der Waals surface area contributed by atoms with Crippen LogP contribution in [0.15, 0.2) is 30.5 Å². The van der Waals surface area contributed by atoms with Crippen molar-refractivity contribution in [3.05, 3.63) is 36.0 Å². The van der Waals surface area contributed by atoms with E-state index >= 15 is 0 Å². The van der Waals surface area contributed by atoms with Gasteiger partial charge in [-0.1, -0.05) is 0 Å². The summed E-state index contributed by atoms with van der Waals surface area (Å²) in [5.41, 5.74) is 1.87. The molecule has 0 N–H and O–H groups in total. The Hall–Kier alpha value is -2.01. The van der Waals surface area contributed by atoms with Crippen molar-refractivity contribution in [3.8, 4) is 12.3 Å². The summed E-state index contributed by atoms with van der Waals surface area (Å²) in [5.74, 6) is 2.64. The van der Waals surface area contributed by atoms with Crippen LogP contribution in [0.25, 0.3) is 10.9 Å². The Morgan fingerprint density at radius 1 is 1.38 bits per heavy atom. The van der Waals surface area contributed by atoms with E-state index in [1.165, 1.54) is 0 Å². The molecular weight excluding hydrogens is 198 g/mol. The van der Waals surface area contributed by atoms with Crippen LogP contribution in [0.4, 0.5) is 0 Å². The minimum absolute atomic E-state index is 0.717. The van der Waals surface area contributed by atoms with Crippen molar-refractivity contribution in [1.29, 1.82) is 0 Å². The van der Waals surface area contributed by atoms with Crippen molar-refractivity contribution in [2.75, 3.05) is 0 Å². The van der Waals surface area contributed by atoms with Gasteiger partial charge in [0, 0.05) is 35.6 Å². The normalized spacial score (nSPS) is 10.2. The fourth-order valence-electron chi connectivity index (χ4n) is 1.84. The van der Waals surface area contributed by atoms with E-state index in [0.29, 0.717) is 5.56 Å². The number of hydrogen-bond acceptors (Lipinski definition) is 1. The maximum absolute atomic E-state index is 10.6. The number of terminal acetylenes is 1. The molecule has 0 radical (unpaired) electrons. The quantitative estimate of drug-likeness (QED) is 0.433. The molecular formula is C14H13NO. The fourth-order valence-corrected chi connectivity index (χ4v) is 1.84. The molecule has 80 valence electrons. The van der Waals surface area contributed by atoms with E-state index in [2.05, 4.69) is 10.5 Å². The van der Waals surface area contributed by atoms with Crippen LogP contribution in [-0.4, -0.2) is 10.9 Å². The number of rotatable bonds is 4. The second-order valence-electron chi connectivity index (χ2n) is 3.75. The van der Waals surface area contributed by atoms with E-state index in [4.69, 9.17) is 6.42 Å². The second kappa shape index (κ2) is 4.67. The zero-order valence-electron chi connectivity index (χ0n) is 9.02. The summed E-state index contributed by atoms with van der Waals surface area (Å²) in [7, 11) is 0. The predicted octanol–water partition coefficient (Wildman–Crippen LogP) is 2.87.